The number of pyridine rings is 1. The van der Waals surface area contributed by atoms with Gasteiger partial charge in [0, 0.05) is 18.1 Å². The SMILES string of the molecule is N#Cc1cccc(NC(=O)c2ccncc2Cl)c1. The van der Waals surface area contributed by atoms with Crippen molar-refractivity contribution in [3.8, 4) is 6.07 Å². The summed E-state index contributed by atoms with van der Waals surface area (Å²) in [6, 6.07) is 10.2. The van der Waals surface area contributed by atoms with Crippen molar-refractivity contribution in [3.63, 3.8) is 0 Å². The van der Waals surface area contributed by atoms with Crippen molar-refractivity contribution < 1.29 is 4.79 Å². The van der Waals surface area contributed by atoms with E-state index >= 15 is 0 Å². The second-order valence-corrected chi connectivity index (χ2v) is 3.91. The maximum atomic E-state index is 11.9. The molecule has 5 heteroatoms. The van der Waals surface area contributed by atoms with Crippen LogP contribution in [0.2, 0.25) is 5.02 Å². The molecule has 0 aliphatic rings. The van der Waals surface area contributed by atoms with E-state index in [1.165, 1.54) is 18.5 Å². The minimum Gasteiger partial charge on any atom is -0.322 e. The van der Waals surface area contributed by atoms with Gasteiger partial charge in [0.15, 0.2) is 0 Å². The quantitative estimate of drug-likeness (QED) is 0.900. The number of benzene rings is 1. The van der Waals surface area contributed by atoms with Gasteiger partial charge in [-0.05, 0) is 24.3 Å². The molecule has 0 aliphatic carbocycles. The highest BCUT2D eigenvalue weighted by atomic mass is 35.5. The van der Waals surface area contributed by atoms with Crippen LogP contribution in [0.15, 0.2) is 42.7 Å². The van der Waals surface area contributed by atoms with E-state index in [4.69, 9.17) is 16.9 Å². The molecule has 2 rings (SSSR count). The lowest BCUT2D eigenvalue weighted by Gasteiger charge is -2.06. The molecule has 0 bridgehead atoms. The van der Waals surface area contributed by atoms with E-state index in [2.05, 4.69) is 10.3 Å². The molecule has 0 aliphatic heterocycles. The molecule has 88 valence electrons. The van der Waals surface area contributed by atoms with Crippen LogP contribution >= 0.6 is 11.6 Å². The first-order valence-corrected chi connectivity index (χ1v) is 5.49. The molecule has 0 fully saturated rings. The number of carbonyl (C=O) groups is 1. The van der Waals surface area contributed by atoms with Crippen LogP contribution in [0.3, 0.4) is 0 Å². The summed E-state index contributed by atoms with van der Waals surface area (Å²) in [6.07, 6.45) is 2.90. The summed E-state index contributed by atoms with van der Waals surface area (Å²) in [5, 5.41) is 11.7. The van der Waals surface area contributed by atoms with Gasteiger partial charge < -0.3 is 5.32 Å². The zero-order valence-corrected chi connectivity index (χ0v) is 9.98. The van der Waals surface area contributed by atoms with Crippen LogP contribution in [0, 0.1) is 11.3 Å². The molecule has 0 spiro atoms. The van der Waals surface area contributed by atoms with E-state index < -0.39 is 0 Å². The van der Waals surface area contributed by atoms with Crippen LogP contribution in [-0.2, 0) is 0 Å². The van der Waals surface area contributed by atoms with Crippen molar-refractivity contribution in [1.82, 2.24) is 4.98 Å². The van der Waals surface area contributed by atoms with Crippen LogP contribution in [0.5, 0.6) is 0 Å². The first-order chi connectivity index (χ1) is 8.70. The fourth-order valence-corrected chi connectivity index (χ4v) is 1.63. The number of amides is 1. The molecule has 4 nitrogen and oxygen atoms in total. The lowest BCUT2D eigenvalue weighted by Crippen LogP contribution is -2.12. The third-order valence-corrected chi connectivity index (χ3v) is 2.57. The molecule has 1 aromatic heterocycles. The van der Waals surface area contributed by atoms with Gasteiger partial charge >= 0.3 is 0 Å². The molecule has 0 saturated heterocycles. The smallest absolute Gasteiger partial charge is 0.257 e. The Morgan fingerprint density at radius 3 is 2.94 bits per heavy atom. The van der Waals surface area contributed by atoms with Gasteiger partial charge in [-0.1, -0.05) is 17.7 Å². The molecular weight excluding hydrogens is 250 g/mol. The second-order valence-electron chi connectivity index (χ2n) is 3.50. The lowest BCUT2D eigenvalue weighted by molar-refractivity contribution is 0.102. The molecule has 18 heavy (non-hydrogen) atoms. The maximum absolute atomic E-state index is 11.9. The molecule has 1 N–H and O–H groups in total. The van der Waals surface area contributed by atoms with Gasteiger partial charge in [0.1, 0.15) is 0 Å². The van der Waals surface area contributed by atoms with Crippen LogP contribution in [-0.4, -0.2) is 10.9 Å². The van der Waals surface area contributed by atoms with E-state index in [1.807, 2.05) is 6.07 Å². The first-order valence-electron chi connectivity index (χ1n) is 5.12. The third kappa shape index (κ3) is 2.65. The van der Waals surface area contributed by atoms with E-state index in [-0.39, 0.29) is 10.9 Å². The average molecular weight is 258 g/mol. The van der Waals surface area contributed by atoms with Crippen LogP contribution in [0.25, 0.3) is 0 Å². The van der Waals surface area contributed by atoms with E-state index in [1.54, 1.807) is 24.3 Å². The Bertz CT molecular complexity index is 634. The summed E-state index contributed by atoms with van der Waals surface area (Å²) in [7, 11) is 0. The predicted molar refractivity (Wildman–Crippen MR) is 68.4 cm³/mol. The Labute approximate surface area is 109 Å². The number of hydrogen-bond donors (Lipinski definition) is 1. The minimum atomic E-state index is -0.336. The molecule has 0 atom stereocenters. The predicted octanol–water partition coefficient (Wildman–Crippen LogP) is 2.86. The summed E-state index contributed by atoms with van der Waals surface area (Å²) < 4.78 is 0. The number of rotatable bonds is 2. The zero-order chi connectivity index (χ0) is 13.0. The van der Waals surface area contributed by atoms with Gasteiger partial charge in [0.05, 0.1) is 22.2 Å². The van der Waals surface area contributed by atoms with E-state index in [0.717, 1.165) is 0 Å². The Balaban J connectivity index is 2.22. The fourth-order valence-electron chi connectivity index (χ4n) is 1.42. The Morgan fingerprint density at radius 2 is 2.22 bits per heavy atom. The van der Waals surface area contributed by atoms with Crippen LogP contribution < -0.4 is 5.32 Å². The second kappa shape index (κ2) is 5.30. The summed E-state index contributed by atoms with van der Waals surface area (Å²) in [5.74, 6) is -0.336. The third-order valence-electron chi connectivity index (χ3n) is 2.27. The topological polar surface area (TPSA) is 65.8 Å². The van der Waals surface area contributed by atoms with Gasteiger partial charge in [-0.2, -0.15) is 5.26 Å². The van der Waals surface area contributed by atoms with Crippen LogP contribution in [0.1, 0.15) is 15.9 Å². The average Bonchev–Trinajstić information content (AvgIpc) is 2.39. The minimum absolute atomic E-state index is 0.284. The van der Waals surface area contributed by atoms with Crippen molar-refractivity contribution in [2.45, 2.75) is 0 Å². The highest BCUT2D eigenvalue weighted by Gasteiger charge is 2.10. The molecule has 1 amide bonds. The molecule has 2 aromatic rings. The number of nitrogens with one attached hydrogen (secondary N) is 1. The van der Waals surface area contributed by atoms with Crippen LogP contribution in [0.4, 0.5) is 5.69 Å². The Kier molecular flexibility index (Phi) is 3.56. The highest BCUT2D eigenvalue weighted by molar-refractivity contribution is 6.34. The normalized spacial score (nSPS) is 9.56. The van der Waals surface area contributed by atoms with Crippen molar-refractivity contribution >= 4 is 23.2 Å². The van der Waals surface area contributed by atoms with Crippen molar-refractivity contribution in [3.05, 3.63) is 58.9 Å². The molecule has 0 radical (unpaired) electrons. The monoisotopic (exact) mass is 257 g/mol. The van der Waals surface area contributed by atoms with Gasteiger partial charge in [-0.3, -0.25) is 9.78 Å². The maximum Gasteiger partial charge on any atom is 0.257 e. The summed E-state index contributed by atoms with van der Waals surface area (Å²) in [5.41, 5.74) is 1.37. The summed E-state index contributed by atoms with van der Waals surface area (Å²) >= 11 is 5.87. The number of nitriles is 1. The molecule has 1 aromatic carbocycles. The fraction of sp³-hybridized carbons (Fsp3) is 0. The summed E-state index contributed by atoms with van der Waals surface area (Å²) in [6.45, 7) is 0. The number of nitrogens with zero attached hydrogens (tertiary/aromatic N) is 2. The van der Waals surface area contributed by atoms with E-state index in [9.17, 15) is 4.79 Å². The van der Waals surface area contributed by atoms with E-state index in [0.29, 0.717) is 16.8 Å². The zero-order valence-electron chi connectivity index (χ0n) is 9.22. The number of halogens is 1. The lowest BCUT2D eigenvalue weighted by atomic mass is 10.2. The molecular formula is C13H8ClN3O. The van der Waals surface area contributed by atoms with Gasteiger partial charge in [-0.25, -0.2) is 0 Å². The van der Waals surface area contributed by atoms with Gasteiger partial charge in [0.25, 0.3) is 5.91 Å². The van der Waals surface area contributed by atoms with Crippen molar-refractivity contribution in [2.24, 2.45) is 0 Å². The van der Waals surface area contributed by atoms with Crippen molar-refractivity contribution in [1.29, 1.82) is 5.26 Å². The number of aromatic nitrogens is 1. The number of carbonyl (C=O) groups excluding carboxylic acids is 1. The molecule has 0 unspecified atom stereocenters. The highest BCUT2D eigenvalue weighted by Crippen LogP contribution is 2.16. The van der Waals surface area contributed by atoms with Gasteiger partial charge in [-0.15, -0.1) is 0 Å². The molecule has 0 saturated carbocycles. The summed E-state index contributed by atoms with van der Waals surface area (Å²) in [4.78, 5) is 15.7. The molecule has 1 heterocycles. The largest absolute Gasteiger partial charge is 0.322 e. The first kappa shape index (κ1) is 12.1. The Hall–Kier alpha value is -2.38. The van der Waals surface area contributed by atoms with Crippen molar-refractivity contribution in [2.75, 3.05) is 5.32 Å². The Morgan fingerprint density at radius 1 is 1.39 bits per heavy atom. The number of anilines is 1. The standard InChI is InChI=1S/C13H8ClN3O/c14-12-8-16-5-4-11(12)13(18)17-10-3-1-2-9(6-10)7-15/h1-6,8H,(H,17,18). The number of hydrogen-bond acceptors (Lipinski definition) is 3. The van der Waals surface area contributed by atoms with Gasteiger partial charge in [0.2, 0.25) is 0 Å².